The minimum absolute atomic E-state index is 0.00938. The number of hydrogen-bond acceptors (Lipinski definition) is 4. The second-order valence-corrected chi connectivity index (χ2v) is 6.02. The summed E-state index contributed by atoms with van der Waals surface area (Å²) in [5.41, 5.74) is 0.755. The lowest BCUT2D eigenvalue weighted by Gasteiger charge is -2.31. The molecular weight excluding hydrogens is 313 g/mol. The Kier molecular flexibility index (Phi) is 6.69. The Morgan fingerprint density at radius 1 is 1.29 bits per heavy atom. The lowest BCUT2D eigenvalue weighted by atomic mass is 10.1. The summed E-state index contributed by atoms with van der Waals surface area (Å²) in [6, 6.07) is 4.39. The molecule has 1 heterocycles. The van der Waals surface area contributed by atoms with Crippen LogP contribution in [0.15, 0.2) is 18.2 Å². The van der Waals surface area contributed by atoms with Crippen molar-refractivity contribution in [3.8, 4) is 0 Å². The molecule has 1 fully saturated rings. The van der Waals surface area contributed by atoms with E-state index in [0.717, 1.165) is 38.0 Å². The van der Waals surface area contributed by atoms with Crippen molar-refractivity contribution in [3.05, 3.63) is 29.6 Å². The minimum Gasteiger partial charge on any atom is -0.383 e. The molecule has 7 heteroatoms. The van der Waals surface area contributed by atoms with Crippen LogP contribution in [0.4, 0.5) is 10.1 Å². The summed E-state index contributed by atoms with van der Waals surface area (Å²) in [7, 11) is 1.67. The number of hydrogen-bond donors (Lipinski definition) is 2. The number of amides is 2. The van der Waals surface area contributed by atoms with Crippen LogP contribution in [0.25, 0.3) is 0 Å². The van der Waals surface area contributed by atoms with Gasteiger partial charge in [-0.3, -0.25) is 9.59 Å². The van der Waals surface area contributed by atoms with Crippen LogP contribution in [0.5, 0.6) is 0 Å². The largest absolute Gasteiger partial charge is 0.383 e. The van der Waals surface area contributed by atoms with E-state index >= 15 is 0 Å². The van der Waals surface area contributed by atoms with Gasteiger partial charge in [-0.1, -0.05) is 6.07 Å². The van der Waals surface area contributed by atoms with Gasteiger partial charge in [-0.05, 0) is 37.5 Å². The molecule has 0 aliphatic carbocycles. The average Bonchev–Trinajstić information content (AvgIpc) is 2.56. The number of halogens is 1. The molecule has 6 nitrogen and oxygen atoms in total. The molecule has 2 rings (SSSR count). The van der Waals surface area contributed by atoms with E-state index < -0.39 is 17.6 Å². The van der Waals surface area contributed by atoms with Gasteiger partial charge in [-0.2, -0.15) is 0 Å². The van der Waals surface area contributed by atoms with Gasteiger partial charge in [0.1, 0.15) is 5.82 Å². The van der Waals surface area contributed by atoms with Crippen molar-refractivity contribution in [3.63, 3.8) is 0 Å². The summed E-state index contributed by atoms with van der Waals surface area (Å²) in [6.07, 6.45) is 1.56. The number of anilines is 1. The Morgan fingerprint density at radius 2 is 2.00 bits per heavy atom. The lowest BCUT2D eigenvalue weighted by Crippen LogP contribution is -2.48. The predicted octanol–water partition coefficient (Wildman–Crippen LogP) is 1.30. The Balaban J connectivity index is 1.79. The first-order valence-electron chi connectivity index (χ1n) is 8.09. The van der Waals surface area contributed by atoms with Crippen LogP contribution in [0.2, 0.25) is 0 Å². The van der Waals surface area contributed by atoms with E-state index in [4.69, 9.17) is 4.74 Å². The molecule has 2 N–H and O–H groups in total. The lowest BCUT2D eigenvalue weighted by molar-refractivity contribution is -0.136. The van der Waals surface area contributed by atoms with E-state index in [2.05, 4.69) is 15.5 Å². The third-order valence-electron chi connectivity index (χ3n) is 4.11. The van der Waals surface area contributed by atoms with Gasteiger partial charge in [0.05, 0.1) is 12.3 Å². The van der Waals surface area contributed by atoms with Crippen LogP contribution >= 0.6 is 0 Å². The molecular formula is C17H24FN3O3. The fraction of sp³-hybridized carbons (Fsp3) is 0.529. The van der Waals surface area contributed by atoms with Gasteiger partial charge in [0, 0.05) is 32.8 Å². The highest BCUT2D eigenvalue weighted by Crippen LogP contribution is 2.15. The second-order valence-electron chi connectivity index (χ2n) is 6.02. The van der Waals surface area contributed by atoms with Crippen molar-refractivity contribution in [2.75, 3.05) is 38.7 Å². The van der Waals surface area contributed by atoms with Gasteiger partial charge in [0.15, 0.2) is 0 Å². The van der Waals surface area contributed by atoms with Crippen LogP contribution in [0.1, 0.15) is 18.4 Å². The third-order valence-corrected chi connectivity index (χ3v) is 4.11. The van der Waals surface area contributed by atoms with E-state index in [0.29, 0.717) is 6.61 Å². The number of aryl methyl sites for hydroxylation is 1. The molecule has 1 saturated heterocycles. The molecule has 2 amide bonds. The zero-order valence-electron chi connectivity index (χ0n) is 14.1. The third kappa shape index (κ3) is 5.28. The molecule has 0 atom stereocenters. The number of methoxy groups -OCH3 is 1. The fourth-order valence-electron chi connectivity index (χ4n) is 2.67. The van der Waals surface area contributed by atoms with Crippen LogP contribution in [-0.4, -0.2) is 56.1 Å². The van der Waals surface area contributed by atoms with Gasteiger partial charge in [-0.25, -0.2) is 4.39 Å². The van der Waals surface area contributed by atoms with Gasteiger partial charge < -0.3 is 20.3 Å². The normalized spacial score (nSPS) is 16.0. The quantitative estimate of drug-likeness (QED) is 0.795. The number of likely N-dealkylation sites (tertiary alicyclic amines) is 1. The van der Waals surface area contributed by atoms with Crippen LogP contribution in [-0.2, 0) is 14.3 Å². The molecule has 0 saturated carbocycles. The topological polar surface area (TPSA) is 70.7 Å². The first-order chi connectivity index (χ1) is 11.5. The average molecular weight is 337 g/mol. The Morgan fingerprint density at radius 3 is 2.62 bits per heavy atom. The summed E-state index contributed by atoms with van der Waals surface area (Å²) in [6.45, 7) is 5.00. The molecule has 0 bridgehead atoms. The summed E-state index contributed by atoms with van der Waals surface area (Å²) < 4.78 is 18.8. The Bertz CT molecular complexity index is 586. The summed E-state index contributed by atoms with van der Waals surface area (Å²) in [5, 5.41) is 5.03. The SMILES string of the molecule is COCCN1CCC(NC(=O)C(=O)Nc2ccc(C)cc2F)CC1. The number of piperidine rings is 1. The molecule has 1 aliphatic rings. The van der Waals surface area contributed by atoms with E-state index in [1.165, 1.54) is 12.1 Å². The van der Waals surface area contributed by atoms with Gasteiger partial charge in [-0.15, -0.1) is 0 Å². The maximum atomic E-state index is 13.7. The van der Waals surface area contributed by atoms with Gasteiger partial charge >= 0.3 is 11.8 Å². The monoisotopic (exact) mass is 337 g/mol. The Hall–Kier alpha value is -1.99. The molecule has 0 spiro atoms. The van der Waals surface area contributed by atoms with E-state index in [9.17, 15) is 14.0 Å². The van der Waals surface area contributed by atoms with Crippen molar-refractivity contribution < 1.29 is 18.7 Å². The van der Waals surface area contributed by atoms with Crippen molar-refractivity contribution in [2.45, 2.75) is 25.8 Å². The van der Waals surface area contributed by atoms with Crippen LogP contribution < -0.4 is 10.6 Å². The summed E-state index contributed by atoms with van der Waals surface area (Å²) >= 11 is 0. The molecule has 1 aromatic rings. The van der Waals surface area contributed by atoms with Gasteiger partial charge in [0.25, 0.3) is 0 Å². The smallest absolute Gasteiger partial charge is 0.313 e. The highest BCUT2D eigenvalue weighted by atomic mass is 19.1. The van der Waals surface area contributed by atoms with E-state index in [1.807, 2.05) is 0 Å². The zero-order valence-corrected chi connectivity index (χ0v) is 14.1. The van der Waals surface area contributed by atoms with Crippen molar-refractivity contribution in [2.24, 2.45) is 0 Å². The molecule has 1 aromatic carbocycles. The first-order valence-corrected chi connectivity index (χ1v) is 8.09. The molecule has 1 aliphatic heterocycles. The minimum atomic E-state index is -0.848. The number of nitrogens with zero attached hydrogens (tertiary/aromatic N) is 1. The number of benzene rings is 1. The fourth-order valence-corrected chi connectivity index (χ4v) is 2.67. The summed E-state index contributed by atoms with van der Waals surface area (Å²) in [5.74, 6) is -2.13. The highest BCUT2D eigenvalue weighted by molar-refractivity contribution is 6.39. The number of nitrogens with one attached hydrogen (secondary N) is 2. The van der Waals surface area contributed by atoms with Crippen molar-refractivity contribution in [1.29, 1.82) is 0 Å². The first kappa shape index (κ1) is 18.4. The molecule has 132 valence electrons. The second kappa shape index (κ2) is 8.75. The maximum Gasteiger partial charge on any atom is 0.313 e. The molecule has 0 unspecified atom stereocenters. The maximum absolute atomic E-state index is 13.7. The Labute approximate surface area is 141 Å². The predicted molar refractivity (Wildman–Crippen MR) is 89.2 cm³/mol. The molecule has 24 heavy (non-hydrogen) atoms. The van der Waals surface area contributed by atoms with Gasteiger partial charge in [0.2, 0.25) is 0 Å². The number of rotatable bonds is 5. The van der Waals surface area contributed by atoms with E-state index in [1.54, 1.807) is 20.1 Å². The number of ether oxygens (including phenoxy) is 1. The van der Waals surface area contributed by atoms with Crippen molar-refractivity contribution in [1.82, 2.24) is 10.2 Å². The standard InChI is InChI=1S/C17H24FN3O3/c1-12-3-4-15(14(18)11-12)20-17(23)16(22)19-13-5-7-21(8-6-13)9-10-24-2/h3-4,11,13H,5-10H2,1-2H3,(H,19,22)(H,20,23). The molecule has 0 radical (unpaired) electrons. The van der Waals surface area contributed by atoms with Crippen molar-refractivity contribution >= 4 is 17.5 Å². The molecule has 0 aromatic heterocycles. The number of carbonyl (C=O) groups excluding carboxylic acids is 2. The summed E-state index contributed by atoms with van der Waals surface area (Å²) in [4.78, 5) is 26.1. The van der Waals surface area contributed by atoms with Crippen LogP contribution in [0, 0.1) is 12.7 Å². The van der Waals surface area contributed by atoms with E-state index in [-0.39, 0.29) is 11.7 Å². The van der Waals surface area contributed by atoms with Crippen LogP contribution in [0.3, 0.4) is 0 Å². The number of carbonyl (C=O) groups is 2. The highest BCUT2D eigenvalue weighted by Gasteiger charge is 2.23. The zero-order chi connectivity index (χ0) is 17.5.